The number of benzene rings is 2. The van der Waals surface area contributed by atoms with E-state index < -0.39 is 29.4 Å². The van der Waals surface area contributed by atoms with Crippen molar-refractivity contribution in [2.75, 3.05) is 43.0 Å². The molecule has 2 aliphatic heterocycles. The van der Waals surface area contributed by atoms with Crippen LogP contribution in [0.4, 0.5) is 29.1 Å². The molecule has 2 aromatic carbocycles. The highest BCUT2D eigenvalue weighted by molar-refractivity contribution is 6.42. The van der Waals surface area contributed by atoms with E-state index in [2.05, 4.69) is 5.10 Å². The van der Waals surface area contributed by atoms with Gasteiger partial charge in [0.2, 0.25) is 0 Å². The molecule has 0 saturated carbocycles. The lowest BCUT2D eigenvalue weighted by molar-refractivity contribution is -0.129. The molecule has 1 fully saturated rings. The smallest absolute Gasteiger partial charge is 0.368 e. The maximum Gasteiger partial charge on any atom is 0.432 e. The normalized spacial score (nSPS) is 18.4. The molecular formula is C25H21Cl2F4N5O. The van der Waals surface area contributed by atoms with Gasteiger partial charge in [-0.25, -0.2) is 9.07 Å². The van der Waals surface area contributed by atoms with Crippen LogP contribution in [0.5, 0.6) is 0 Å². The second-order valence-corrected chi connectivity index (χ2v) is 9.54. The summed E-state index contributed by atoms with van der Waals surface area (Å²) in [6.07, 6.45) is -3.46. The van der Waals surface area contributed by atoms with Gasteiger partial charge in [0.1, 0.15) is 23.4 Å². The van der Waals surface area contributed by atoms with Crippen LogP contribution in [0, 0.1) is 5.82 Å². The first-order valence-electron chi connectivity index (χ1n) is 11.4. The lowest BCUT2D eigenvalue weighted by Gasteiger charge is -2.41. The van der Waals surface area contributed by atoms with E-state index in [9.17, 15) is 22.4 Å². The van der Waals surface area contributed by atoms with Crippen LogP contribution in [0.25, 0.3) is 0 Å². The maximum atomic E-state index is 14.6. The summed E-state index contributed by atoms with van der Waals surface area (Å²) in [4.78, 5) is 18.2. The van der Waals surface area contributed by atoms with Gasteiger partial charge < -0.3 is 14.7 Å². The number of carbonyl (C=O) groups excluding carboxylic acids is 1. The highest BCUT2D eigenvalue weighted by Gasteiger charge is 2.49. The van der Waals surface area contributed by atoms with E-state index in [0.717, 1.165) is 10.6 Å². The Morgan fingerprint density at radius 3 is 2.32 bits per heavy atom. The first-order valence-corrected chi connectivity index (χ1v) is 12.2. The Kier molecular flexibility index (Phi) is 6.57. The Morgan fingerprint density at radius 2 is 1.68 bits per heavy atom. The van der Waals surface area contributed by atoms with Gasteiger partial charge in [-0.3, -0.25) is 4.79 Å². The van der Waals surface area contributed by atoms with Crippen molar-refractivity contribution in [2.24, 2.45) is 0 Å². The van der Waals surface area contributed by atoms with Crippen LogP contribution in [-0.2, 0) is 4.79 Å². The maximum absolute atomic E-state index is 14.6. The van der Waals surface area contributed by atoms with Gasteiger partial charge >= 0.3 is 6.18 Å². The second kappa shape index (κ2) is 9.57. The van der Waals surface area contributed by atoms with Crippen molar-refractivity contribution in [3.63, 3.8) is 0 Å². The summed E-state index contributed by atoms with van der Waals surface area (Å²) in [6, 6.07) is 10.8. The Bertz CT molecular complexity index is 1360. The molecule has 0 spiro atoms. The predicted octanol–water partition coefficient (Wildman–Crippen LogP) is 5.53. The fourth-order valence-electron chi connectivity index (χ4n) is 4.89. The minimum Gasteiger partial charge on any atom is -0.368 e. The highest BCUT2D eigenvalue weighted by Crippen LogP contribution is 2.47. The van der Waals surface area contributed by atoms with Gasteiger partial charge in [0.25, 0.3) is 5.91 Å². The van der Waals surface area contributed by atoms with Gasteiger partial charge in [-0.15, -0.1) is 0 Å². The van der Waals surface area contributed by atoms with Gasteiger partial charge in [0, 0.05) is 50.5 Å². The van der Waals surface area contributed by atoms with Crippen molar-refractivity contribution < 1.29 is 22.4 Å². The minimum absolute atomic E-state index is 0.0492. The molecule has 1 atom stereocenters. The summed E-state index contributed by atoms with van der Waals surface area (Å²) in [5.74, 6) is -0.972. The highest BCUT2D eigenvalue weighted by atomic mass is 35.5. The number of carbonyl (C=O) groups is 1. The van der Waals surface area contributed by atoms with Crippen molar-refractivity contribution in [3.05, 3.63) is 87.4 Å². The number of anilines is 2. The molecule has 1 amide bonds. The van der Waals surface area contributed by atoms with Gasteiger partial charge in [-0.1, -0.05) is 35.3 Å². The molecule has 12 heteroatoms. The fourth-order valence-corrected chi connectivity index (χ4v) is 5.30. The number of rotatable bonds is 3. The third-order valence-electron chi connectivity index (χ3n) is 6.64. The lowest BCUT2D eigenvalue weighted by Crippen LogP contribution is -2.51. The Labute approximate surface area is 220 Å². The largest absolute Gasteiger partial charge is 0.432 e. The van der Waals surface area contributed by atoms with Crippen molar-refractivity contribution in [1.29, 1.82) is 0 Å². The molecule has 1 aromatic heterocycles. The monoisotopic (exact) mass is 553 g/mol. The summed E-state index contributed by atoms with van der Waals surface area (Å²) in [5, 5.41) is 4.45. The van der Waals surface area contributed by atoms with E-state index in [4.69, 9.17) is 23.2 Å². The summed E-state index contributed by atoms with van der Waals surface area (Å²) < 4.78 is 58.3. The summed E-state index contributed by atoms with van der Waals surface area (Å²) in [7, 11) is 1.26. The van der Waals surface area contributed by atoms with Crippen molar-refractivity contribution in [1.82, 2.24) is 14.7 Å². The molecular weight excluding hydrogens is 533 g/mol. The zero-order valence-electron chi connectivity index (χ0n) is 19.5. The standard InChI is InChI=1S/C25H21Cl2F4N5O/c1-33-19-9-10-32-36(19)22(17-3-2-4-18(26)21(17)27)20(23(33)25(29,30)31)24(37)35-13-11-34(12-14-35)16-7-5-15(28)6-8-16/h2-10,22H,11-14H2,1H3. The molecule has 37 heavy (non-hydrogen) atoms. The van der Waals surface area contributed by atoms with E-state index in [0.29, 0.717) is 13.1 Å². The number of alkyl halides is 3. The number of aromatic nitrogens is 2. The number of piperazine rings is 1. The predicted molar refractivity (Wildman–Crippen MR) is 134 cm³/mol. The number of hydrogen-bond donors (Lipinski definition) is 0. The molecule has 3 heterocycles. The third kappa shape index (κ3) is 4.53. The van der Waals surface area contributed by atoms with Crippen LogP contribution in [0.15, 0.2) is 66.0 Å². The van der Waals surface area contributed by atoms with Crippen LogP contribution in [-0.4, -0.2) is 60.0 Å². The zero-order chi connectivity index (χ0) is 26.5. The second-order valence-electron chi connectivity index (χ2n) is 8.75. The zero-order valence-corrected chi connectivity index (χ0v) is 21.0. The van der Waals surface area contributed by atoms with Crippen molar-refractivity contribution in [2.45, 2.75) is 12.2 Å². The number of halogens is 6. The van der Waals surface area contributed by atoms with Gasteiger partial charge in [0.15, 0.2) is 0 Å². The SMILES string of the molecule is CN1C(C(F)(F)F)=C(C(=O)N2CCN(c3ccc(F)cc3)CC2)C(c2cccc(Cl)c2Cl)n2nccc21. The minimum atomic E-state index is -4.84. The molecule has 2 aliphatic rings. The molecule has 5 rings (SSSR count). The Hall–Kier alpha value is -3.24. The van der Waals surface area contributed by atoms with Crippen molar-refractivity contribution >= 4 is 40.6 Å². The first kappa shape index (κ1) is 25.4. The quantitative estimate of drug-likeness (QED) is 0.400. The summed E-state index contributed by atoms with van der Waals surface area (Å²) >= 11 is 12.7. The average Bonchev–Trinajstić information content (AvgIpc) is 3.36. The van der Waals surface area contributed by atoms with E-state index in [-0.39, 0.29) is 40.3 Å². The van der Waals surface area contributed by atoms with Crippen LogP contribution in [0.2, 0.25) is 10.0 Å². The van der Waals surface area contributed by atoms with Gasteiger partial charge in [-0.05, 0) is 30.3 Å². The van der Waals surface area contributed by atoms with Gasteiger partial charge in [-0.2, -0.15) is 18.3 Å². The average molecular weight is 554 g/mol. The number of nitrogens with zero attached hydrogens (tertiary/aromatic N) is 5. The molecule has 6 nitrogen and oxygen atoms in total. The summed E-state index contributed by atoms with van der Waals surface area (Å²) in [5.41, 5.74) is -0.550. The number of fused-ring (bicyclic) bond motifs is 1. The third-order valence-corrected chi connectivity index (χ3v) is 7.47. The molecule has 3 aromatic rings. The fraction of sp³-hybridized carbons (Fsp3) is 0.280. The number of amides is 1. The first-order chi connectivity index (χ1) is 17.6. The number of hydrogen-bond acceptors (Lipinski definition) is 4. The van der Waals surface area contributed by atoms with E-state index in [1.165, 1.54) is 47.1 Å². The van der Waals surface area contributed by atoms with Crippen LogP contribution in [0.1, 0.15) is 11.6 Å². The molecule has 0 aliphatic carbocycles. The Balaban J connectivity index is 1.56. The van der Waals surface area contributed by atoms with E-state index in [1.54, 1.807) is 24.3 Å². The lowest BCUT2D eigenvalue weighted by atomic mass is 9.92. The van der Waals surface area contributed by atoms with E-state index in [1.807, 2.05) is 4.90 Å². The molecule has 0 radical (unpaired) electrons. The molecule has 1 saturated heterocycles. The van der Waals surface area contributed by atoms with E-state index >= 15 is 0 Å². The Morgan fingerprint density at radius 1 is 1.00 bits per heavy atom. The van der Waals surface area contributed by atoms with Crippen LogP contribution < -0.4 is 9.80 Å². The molecule has 0 N–H and O–H groups in total. The molecule has 194 valence electrons. The van der Waals surface area contributed by atoms with Crippen molar-refractivity contribution in [3.8, 4) is 0 Å². The van der Waals surface area contributed by atoms with Crippen LogP contribution in [0.3, 0.4) is 0 Å². The molecule has 0 bridgehead atoms. The van der Waals surface area contributed by atoms with Gasteiger partial charge in [0.05, 0.1) is 21.8 Å². The number of allylic oxidation sites excluding steroid dienone is 1. The summed E-state index contributed by atoms with van der Waals surface area (Å²) in [6.45, 7) is 1.10. The topological polar surface area (TPSA) is 44.6 Å². The van der Waals surface area contributed by atoms with Crippen LogP contribution >= 0.6 is 23.2 Å². The molecule has 1 unspecified atom stereocenters.